The number of hydrogen-bond acceptors (Lipinski definition) is 5. The summed E-state index contributed by atoms with van der Waals surface area (Å²) in [6.45, 7) is 0.311. The van der Waals surface area contributed by atoms with E-state index in [1.54, 1.807) is 4.40 Å². The highest BCUT2D eigenvalue weighted by atomic mass is 79.9. The van der Waals surface area contributed by atoms with E-state index in [1.165, 1.54) is 23.2 Å². The maximum atomic E-state index is 15.2. The molecule has 0 aliphatic carbocycles. The van der Waals surface area contributed by atoms with Gasteiger partial charge in [0.05, 0.1) is 34.4 Å². The van der Waals surface area contributed by atoms with E-state index in [-0.39, 0.29) is 22.6 Å². The van der Waals surface area contributed by atoms with Crippen molar-refractivity contribution < 1.29 is 27.1 Å². The summed E-state index contributed by atoms with van der Waals surface area (Å²) in [7, 11) is 0. The SMILES string of the molecule is Nc1nc2cc(F)c(C(=O)N3CCC[C@@H]4Oc5cc(C(F)(F)F)ccc5[C@@H]43)cc2n2c(Br)ncc12. The molecule has 2 aliphatic heterocycles. The zero-order valence-corrected chi connectivity index (χ0v) is 19.4. The summed E-state index contributed by atoms with van der Waals surface area (Å²) in [5.74, 6) is -1.11. The lowest BCUT2D eigenvalue weighted by atomic mass is 9.93. The number of carbonyl (C=O) groups is 1. The average molecular weight is 550 g/mol. The van der Waals surface area contributed by atoms with Gasteiger partial charge >= 0.3 is 6.18 Å². The van der Waals surface area contributed by atoms with Gasteiger partial charge in [0, 0.05) is 18.2 Å². The molecule has 12 heteroatoms. The van der Waals surface area contributed by atoms with Crippen LogP contribution >= 0.6 is 15.9 Å². The van der Waals surface area contributed by atoms with Gasteiger partial charge in [0.15, 0.2) is 4.73 Å². The van der Waals surface area contributed by atoms with Crippen molar-refractivity contribution in [2.75, 3.05) is 12.3 Å². The topological polar surface area (TPSA) is 85.8 Å². The maximum absolute atomic E-state index is 15.2. The van der Waals surface area contributed by atoms with E-state index >= 15 is 4.39 Å². The Morgan fingerprint density at radius 2 is 2.00 bits per heavy atom. The van der Waals surface area contributed by atoms with Crippen LogP contribution in [0.3, 0.4) is 0 Å². The number of fused-ring (bicyclic) bond motifs is 6. The minimum Gasteiger partial charge on any atom is -0.488 e. The number of imidazole rings is 1. The van der Waals surface area contributed by atoms with Crippen molar-refractivity contribution >= 4 is 44.2 Å². The van der Waals surface area contributed by atoms with Crippen molar-refractivity contribution in [2.45, 2.75) is 31.2 Å². The van der Waals surface area contributed by atoms with Crippen LogP contribution in [0.5, 0.6) is 5.75 Å². The van der Waals surface area contributed by atoms with Crippen LogP contribution in [0, 0.1) is 5.82 Å². The molecule has 0 bridgehead atoms. The van der Waals surface area contributed by atoms with Crippen molar-refractivity contribution in [2.24, 2.45) is 0 Å². The van der Waals surface area contributed by atoms with Crippen molar-refractivity contribution in [3.63, 3.8) is 0 Å². The van der Waals surface area contributed by atoms with Crippen LogP contribution < -0.4 is 10.5 Å². The highest BCUT2D eigenvalue weighted by Crippen LogP contribution is 2.47. The molecule has 2 aliphatic rings. The normalized spacial score (nSPS) is 19.6. The van der Waals surface area contributed by atoms with Gasteiger partial charge < -0.3 is 15.4 Å². The molecule has 4 aromatic rings. The number of piperidine rings is 1. The van der Waals surface area contributed by atoms with Crippen molar-refractivity contribution in [3.05, 3.63) is 63.8 Å². The molecule has 2 atom stereocenters. The van der Waals surface area contributed by atoms with Gasteiger partial charge in [-0.15, -0.1) is 0 Å². The molecule has 0 saturated carbocycles. The number of benzene rings is 2. The maximum Gasteiger partial charge on any atom is 0.416 e. The Morgan fingerprint density at radius 3 is 2.77 bits per heavy atom. The number of alkyl halides is 3. The van der Waals surface area contributed by atoms with Gasteiger partial charge in [-0.05, 0) is 47.0 Å². The monoisotopic (exact) mass is 549 g/mol. The van der Waals surface area contributed by atoms with Crippen molar-refractivity contribution in [3.8, 4) is 5.75 Å². The number of ether oxygens (including phenoxy) is 1. The van der Waals surface area contributed by atoms with Gasteiger partial charge in [-0.25, -0.2) is 14.4 Å². The number of nitrogens with zero attached hydrogens (tertiary/aromatic N) is 4. The van der Waals surface area contributed by atoms with Crippen LogP contribution in [0.4, 0.5) is 23.4 Å². The number of likely N-dealkylation sites (tertiary alicyclic amines) is 1. The first-order valence-corrected chi connectivity index (χ1v) is 11.5. The molecule has 2 N–H and O–H groups in total. The first kappa shape index (κ1) is 22.1. The van der Waals surface area contributed by atoms with E-state index in [2.05, 4.69) is 25.9 Å². The van der Waals surface area contributed by atoms with Gasteiger partial charge in [0.25, 0.3) is 5.91 Å². The van der Waals surface area contributed by atoms with E-state index in [0.29, 0.717) is 40.7 Å². The second kappa shape index (κ2) is 7.54. The fourth-order valence-electron chi connectivity index (χ4n) is 4.96. The molecular weight excluding hydrogens is 534 g/mol. The highest BCUT2D eigenvalue weighted by Gasteiger charge is 2.44. The van der Waals surface area contributed by atoms with E-state index in [0.717, 1.165) is 18.2 Å². The number of carbonyl (C=O) groups excluding carboxylic acids is 1. The van der Waals surface area contributed by atoms with E-state index in [1.807, 2.05) is 0 Å². The number of rotatable bonds is 1. The van der Waals surface area contributed by atoms with Crippen molar-refractivity contribution in [1.82, 2.24) is 19.3 Å². The lowest BCUT2D eigenvalue weighted by Crippen LogP contribution is -2.44. The summed E-state index contributed by atoms with van der Waals surface area (Å²) >= 11 is 3.34. The summed E-state index contributed by atoms with van der Waals surface area (Å²) in [6, 6.07) is 5.18. The predicted octanol–water partition coefficient (Wildman–Crippen LogP) is 5.12. The highest BCUT2D eigenvalue weighted by molar-refractivity contribution is 9.10. The lowest BCUT2D eigenvalue weighted by molar-refractivity contribution is -0.137. The predicted molar refractivity (Wildman–Crippen MR) is 121 cm³/mol. The fraction of sp³-hybridized carbons (Fsp3) is 0.261. The van der Waals surface area contributed by atoms with Crippen LogP contribution in [-0.2, 0) is 6.18 Å². The molecule has 1 amide bonds. The summed E-state index contributed by atoms with van der Waals surface area (Å²) in [5, 5.41) is 0. The zero-order chi connectivity index (χ0) is 24.6. The first-order chi connectivity index (χ1) is 16.6. The van der Waals surface area contributed by atoms with Crippen LogP contribution in [0.15, 0.2) is 41.3 Å². The van der Waals surface area contributed by atoms with Crippen LogP contribution in [0.1, 0.15) is 40.4 Å². The smallest absolute Gasteiger partial charge is 0.416 e. The Labute approximate surface area is 203 Å². The summed E-state index contributed by atoms with van der Waals surface area (Å²) in [4.78, 5) is 23.5. The van der Waals surface area contributed by atoms with Crippen LogP contribution in [0.2, 0.25) is 0 Å². The number of amides is 1. The zero-order valence-electron chi connectivity index (χ0n) is 17.8. The lowest BCUT2D eigenvalue weighted by Gasteiger charge is -2.36. The molecule has 1 fully saturated rings. The standard InChI is InChI=1S/C23H16BrF4N5O2/c24-22-30-9-16-20(29)31-14-8-13(25)12(7-15(14)33(16)22)21(34)32-5-1-2-17-19(32)11-4-3-10(23(26,27)28)6-18(11)35-17/h3-4,6-9,17,19H,1-2,5H2,(H2,29,31)/t17-,19-/m0/s1. The third-order valence-electron chi connectivity index (χ3n) is 6.53. The quantitative estimate of drug-likeness (QED) is 0.333. The van der Waals surface area contributed by atoms with Gasteiger partial charge in [-0.1, -0.05) is 6.07 Å². The number of aromatic nitrogens is 3. The number of nitrogens with two attached hydrogens (primary N) is 1. The molecule has 0 unspecified atom stereocenters. The summed E-state index contributed by atoms with van der Waals surface area (Å²) in [6.07, 6.45) is -2.38. The average Bonchev–Trinajstić information content (AvgIpc) is 3.38. The second-order valence-corrected chi connectivity index (χ2v) is 9.27. The first-order valence-electron chi connectivity index (χ1n) is 10.7. The Hall–Kier alpha value is -3.41. The molecule has 0 spiro atoms. The van der Waals surface area contributed by atoms with Crippen molar-refractivity contribution in [1.29, 1.82) is 0 Å². The largest absolute Gasteiger partial charge is 0.488 e. The van der Waals surface area contributed by atoms with Crippen LogP contribution in [-0.4, -0.2) is 37.8 Å². The molecule has 35 heavy (non-hydrogen) atoms. The Balaban J connectivity index is 1.44. The molecular formula is C23H16BrF4N5O2. The van der Waals surface area contributed by atoms with E-state index in [9.17, 15) is 18.0 Å². The van der Waals surface area contributed by atoms with Gasteiger partial charge in [0.2, 0.25) is 0 Å². The second-order valence-electron chi connectivity index (χ2n) is 8.56. The molecule has 1 saturated heterocycles. The molecule has 180 valence electrons. The third kappa shape index (κ3) is 3.33. The van der Waals surface area contributed by atoms with E-state index in [4.69, 9.17) is 10.5 Å². The summed E-state index contributed by atoms with van der Waals surface area (Å²) < 4.78 is 62.6. The Kier molecular flexibility index (Phi) is 4.76. The number of hydrogen-bond donors (Lipinski definition) is 1. The van der Waals surface area contributed by atoms with Gasteiger partial charge in [0.1, 0.15) is 29.0 Å². The summed E-state index contributed by atoms with van der Waals surface area (Å²) in [5.41, 5.74) is 6.59. The Bertz CT molecular complexity index is 1540. The van der Waals surface area contributed by atoms with E-state index < -0.39 is 35.6 Å². The Morgan fingerprint density at radius 1 is 1.20 bits per heavy atom. The minimum absolute atomic E-state index is 0.0947. The molecule has 2 aromatic carbocycles. The fourth-order valence-corrected chi connectivity index (χ4v) is 5.45. The number of halogens is 5. The third-order valence-corrected chi connectivity index (χ3v) is 7.09. The number of anilines is 1. The van der Waals surface area contributed by atoms with Crippen LogP contribution in [0.25, 0.3) is 16.6 Å². The molecule has 4 heterocycles. The minimum atomic E-state index is -4.51. The molecule has 6 rings (SSSR count). The molecule has 7 nitrogen and oxygen atoms in total. The molecule has 2 aromatic heterocycles. The molecule has 0 radical (unpaired) electrons. The van der Waals surface area contributed by atoms with Gasteiger partial charge in [-0.3, -0.25) is 9.20 Å². The van der Waals surface area contributed by atoms with Gasteiger partial charge in [-0.2, -0.15) is 13.2 Å². The number of nitrogen functional groups attached to an aromatic ring is 1.